The van der Waals surface area contributed by atoms with E-state index in [4.69, 9.17) is 31.0 Å². The van der Waals surface area contributed by atoms with Crippen LogP contribution in [0.1, 0.15) is 27.7 Å². The van der Waals surface area contributed by atoms with Gasteiger partial charge in [0.15, 0.2) is 12.4 Å². The molecule has 2 aromatic heterocycles. The highest BCUT2D eigenvalue weighted by Gasteiger charge is 2.17. The maximum absolute atomic E-state index is 12.1. The van der Waals surface area contributed by atoms with E-state index in [0.29, 0.717) is 45.7 Å². The fourth-order valence-corrected chi connectivity index (χ4v) is 3.74. The van der Waals surface area contributed by atoms with Gasteiger partial charge in [-0.15, -0.1) is 0 Å². The molecule has 0 unspecified atom stereocenters. The predicted octanol–water partition coefficient (Wildman–Crippen LogP) is 5.11. The number of nitrogens with one attached hydrogen (secondary N) is 3. The van der Waals surface area contributed by atoms with E-state index in [1.54, 1.807) is 30.6 Å². The average Bonchev–Trinajstić information content (AvgIpc) is 3.31. The van der Waals surface area contributed by atoms with Crippen molar-refractivity contribution < 1.29 is 14.3 Å². The Labute approximate surface area is 208 Å². The number of benzene rings is 2. The number of aromatic amines is 1. The fourth-order valence-electron chi connectivity index (χ4n) is 3.44. The molecule has 0 bridgehead atoms. The second-order valence-electron chi connectivity index (χ2n) is 8.83. The summed E-state index contributed by atoms with van der Waals surface area (Å²) in [7, 11) is 0. The fraction of sp³-hybridized carbons (Fsp3) is 0.280. The first-order valence-electron chi connectivity index (χ1n) is 11.2. The molecule has 35 heavy (non-hydrogen) atoms. The normalized spacial score (nSPS) is 11.3. The lowest BCUT2D eigenvalue weighted by Crippen LogP contribution is -2.43. The molecule has 0 atom stereocenters. The first kappa shape index (κ1) is 24.3. The monoisotopic (exact) mass is 494 g/mol. The van der Waals surface area contributed by atoms with E-state index in [1.165, 1.54) is 0 Å². The number of amides is 1. The second-order valence-corrected chi connectivity index (χ2v) is 9.21. The predicted molar refractivity (Wildman–Crippen MR) is 136 cm³/mol. The van der Waals surface area contributed by atoms with E-state index in [2.05, 4.69) is 20.8 Å². The number of ether oxygens (including phenoxy) is 2. The van der Waals surface area contributed by atoms with Crippen molar-refractivity contribution in [2.75, 3.05) is 18.5 Å². The number of halogens is 1. The first-order valence-corrected chi connectivity index (χ1v) is 11.5. The third-order valence-electron chi connectivity index (χ3n) is 4.80. The molecule has 4 aromatic rings. The largest absolute Gasteiger partial charge is 0.492 e. The van der Waals surface area contributed by atoms with Crippen LogP contribution >= 0.6 is 11.6 Å². The van der Waals surface area contributed by atoms with E-state index in [0.717, 1.165) is 11.3 Å². The van der Waals surface area contributed by atoms with Crippen LogP contribution in [0.4, 0.5) is 11.5 Å². The van der Waals surface area contributed by atoms with Crippen LogP contribution < -0.4 is 20.1 Å². The number of anilines is 2. The molecular formula is C25H27ClN6O3. The van der Waals surface area contributed by atoms with Crippen molar-refractivity contribution in [2.24, 2.45) is 0 Å². The first-order chi connectivity index (χ1) is 16.7. The molecule has 182 valence electrons. The minimum absolute atomic E-state index is 0.0948. The lowest BCUT2D eigenvalue weighted by atomic mass is 10.1. The highest BCUT2D eigenvalue weighted by Crippen LogP contribution is 2.38. The smallest absolute Gasteiger partial charge is 0.258 e. The van der Waals surface area contributed by atoms with Gasteiger partial charge >= 0.3 is 0 Å². The Kier molecular flexibility index (Phi) is 7.07. The summed E-state index contributed by atoms with van der Waals surface area (Å²) in [6.07, 6.45) is 3.36. The zero-order valence-corrected chi connectivity index (χ0v) is 20.7. The Balaban J connectivity index is 1.69. The molecule has 0 aliphatic rings. The van der Waals surface area contributed by atoms with Crippen LogP contribution in [0.2, 0.25) is 5.02 Å². The van der Waals surface area contributed by atoms with Crippen molar-refractivity contribution in [1.29, 1.82) is 0 Å². The molecule has 0 spiro atoms. The van der Waals surface area contributed by atoms with Crippen molar-refractivity contribution in [3.8, 4) is 22.9 Å². The van der Waals surface area contributed by atoms with Crippen LogP contribution in [0.25, 0.3) is 22.3 Å². The summed E-state index contributed by atoms with van der Waals surface area (Å²) < 4.78 is 11.4. The minimum atomic E-state index is -0.330. The highest BCUT2D eigenvalue weighted by atomic mass is 35.5. The zero-order chi connectivity index (χ0) is 25.0. The minimum Gasteiger partial charge on any atom is -0.492 e. The van der Waals surface area contributed by atoms with Gasteiger partial charge in [0, 0.05) is 17.3 Å². The molecule has 1 amide bonds. The molecule has 2 heterocycles. The van der Waals surface area contributed by atoms with Gasteiger partial charge in [-0.1, -0.05) is 23.7 Å². The molecule has 0 aliphatic heterocycles. The quantitative estimate of drug-likeness (QED) is 0.312. The second kappa shape index (κ2) is 10.2. The number of fused-ring (bicyclic) bond motifs is 1. The zero-order valence-electron chi connectivity index (χ0n) is 20.0. The van der Waals surface area contributed by atoms with Crippen LogP contribution in [-0.2, 0) is 4.79 Å². The summed E-state index contributed by atoms with van der Waals surface area (Å²) in [5.41, 5.74) is 1.75. The van der Waals surface area contributed by atoms with E-state index in [1.807, 2.05) is 45.9 Å². The molecule has 0 aliphatic carbocycles. The third kappa shape index (κ3) is 5.99. The number of rotatable bonds is 8. The highest BCUT2D eigenvalue weighted by molar-refractivity contribution is 6.38. The van der Waals surface area contributed by atoms with E-state index >= 15 is 0 Å². The van der Waals surface area contributed by atoms with E-state index in [-0.39, 0.29) is 18.1 Å². The standard InChI is InChI=1S/C25H27ClN6O3/c1-5-34-19-10-9-18-21(22(19)26)24(29-16-12-27-28-13-16)31-23(30-18)15-7-6-8-17(11-15)35-14-20(33)32-25(2,3)4/h6-13H,5,14H2,1-4H3,(H,27,28)(H,32,33)(H,29,30,31). The van der Waals surface area contributed by atoms with Crippen LogP contribution in [0, 0.1) is 0 Å². The molecule has 2 aromatic carbocycles. The van der Waals surface area contributed by atoms with Gasteiger partial charge in [0.2, 0.25) is 0 Å². The molecule has 0 radical (unpaired) electrons. The van der Waals surface area contributed by atoms with Crippen molar-refractivity contribution in [2.45, 2.75) is 33.2 Å². The Hall–Kier alpha value is -3.85. The number of carbonyl (C=O) groups is 1. The molecule has 0 saturated carbocycles. The number of aromatic nitrogens is 4. The number of hydrogen-bond acceptors (Lipinski definition) is 7. The average molecular weight is 495 g/mol. The Morgan fingerprint density at radius 1 is 1.14 bits per heavy atom. The van der Waals surface area contributed by atoms with Crippen LogP contribution in [-0.4, -0.2) is 44.8 Å². The van der Waals surface area contributed by atoms with Crippen molar-refractivity contribution in [3.63, 3.8) is 0 Å². The molecule has 4 rings (SSSR count). The maximum atomic E-state index is 12.1. The summed E-state index contributed by atoms with van der Waals surface area (Å²) >= 11 is 6.68. The van der Waals surface area contributed by atoms with Gasteiger partial charge in [-0.05, 0) is 52.0 Å². The third-order valence-corrected chi connectivity index (χ3v) is 5.18. The van der Waals surface area contributed by atoms with Crippen molar-refractivity contribution >= 4 is 39.9 Å². The lowest BCUT2D eigenvalue weighted by molar-refractivity contribution is -0.124. The van der Waals surface area contributed by atoms with Gasteiger partial charge in [-0.25, -0.2) is 9.97 Å². The summed E-state index contributed by atoms with van der Waals surface area (Å²) in [6, 6.07) is 10.9. The van der Waals surface area contributed by atoms with Gasteiger partial charge in [0.1, 0.15) is 17.3 Å². The molecule has 10 heteroatoms. The van der Waals surface area contributed by atoms with E-state index in [9.17, 15) is 4.79 Å². The van der Waals surface area contributed by atoms with Gasteiger partial charge < -0.3 is 20.1 Å². The summed E-state index contributed by atoms with van der Waals surface area (Å²) in [4.78, 5) is 21.6. The molecule has 0 saturated heterocycles. The molecule has 9 nitrogen and oxygen atoms in total. The molecule has 3 N–H and O–H groups in total. The van der Waals surface area contributed by atoms with Crippen molar-refractivity contribution in [3.05, 3.63) is 53.8 Å². The van der Waals surface area contributed by atoms with Gasteiger partial charge in [-0.2, -0.15) is 5.10 Å². The number of carbonyl (C=O) groups excluding carboxylic acids is 1. The number of hydrogen-bond donors (Lipinski definition) is 3. The summed E-state index contributed by atoms with van der Waals surface area (Å²) in [5.74, 6) is 1.86. The molecule has 0 fully saturated rings. The maximum Gasteiger partial charge on any atom is 0.258 e. The Morgan fingerprint density at radius 2 is 1.97 bits per heavy atom. The van der Waals surface area contributed by atoms with Crippen LogP contribution in [0.5, 0.6) is 11.5 Å². The number of nitrogens with zero attached hydrogens (tertiary/aromatic N) is 3. The summed E-state index contributed by atoms with van der Waals surface area (Å²) in [5, 5.41) is 13.9. The Morgan fingerprint density at radius 3 is 2.69 bits per heavy atom. The van der Waals surface area contributed by atoms with Crippen LogP contribution in [0.15, 0.2) is 48.8 Å². The van der Waals surface area contributed by atoms with Gasteiger partial charge in [-0.3, -0.25) is 9.89 Å². The SMILES string of the molecule is CCOc1ccc2nc(-c3cccc(OCC(=O)NC(C)(C)C)c3)nc(Nc3cn[nH]c3)c2c1Cl. The van der Waals surface area contributed by atoms with Crippen LogP contribution in [0.3, 0.4) is 0 Å². The van der Waals surface area contributed by atoms with Crippen molar-refractivity contribution in [1.82, 2.24) is 25.5 Å². The summed E-state index contributed by atoms with van der Waals surface area (Å²) in [6.45, 7) is 8.04. The number of H-pyrrole nitrogens is 1. The Bertz CT molecular complexity index is 1340. The topological polar surface area (TPSA) is 114 Å². The lowest BCUT2D eigenvalue weighted by Gasteiger charge is -2.20. The van der Waals surface area contributed by atoms with Gasteiger partial charge in [0.05, 0.1) is 34.4 Å². The van der Waals surface area contributed by atoms with Gasteiger partial charge in [0.25, 0.3) is 5.91 Å². The molecular weight excluding hydrogens is 468 g/mol. The van der Waals surface area contributed by atoms with E-state index < -0.39 is 0 Å².